The van der Waals surface area contributed by atoms with Gasteiger partial charge in [-0.2, -0.15) is 0 Å². The van der Waals surface area contributed by atoms with E-state index < -0.39 is 5.60 Å². The molecule has 100 valence electrons. The second kappa shape index (κ2) is 7.06. The van der Waals surface area contributed by atoms with Crippen LogP contribution in [-0.2, 0) is 5.60 Å². The van der Waals surface area contributed by atoms with Crippen LogP contribution in [0.4, 0.5) is 0 Å². The summed E-state index contributed by atoms with van der Waals surface area (Å²) in [4.78, 5) is 0. The SMILES string of the molecule is OC(c1ccccc1)(c1ccccc1)c1ccccc1.[H-].[Na+]. The van der Waals surface area contributed by atoms with E-state index in [0.29, 0.717) is 0 Å². The summed E-state index contributed by atoms with van der Waals surface area (Å²) in [6.45, 7) is 0. The zero-order chi connectivity index (χ0) is 13.8. The monoisotopic (exact) mass is 284 g/mol. The molecule has 0 radical (unpaired) electrons. The van der Waals surface area contributed by atoms with Gasteiger partial charge in [-0.15, -0.1) is 0 Å². The van der Waals surface area contributed by atoms with E-state index in [1.807, 2.05) is 91.0 Å². The van der Waals surface area contributed by atoms with Gasteiger partial charge < -0.3 is 6.53 Å². The van der Waals surface area contributed by atoms with Crippen LogP contribution in [0.1, 0.15) is 18.1 Å². The Hall–Kier alpha value is -1.38. The number of hydrogen-bond donors (Lipinski definition) is 1. The Labute approximate surface area is 149 Å². The minimum atomic E-state index is -1.12. The van der Waals surface area contributed by atoms with E-state index in [2.05, 4.69) is 0 Å². The standard InChI is InChI=1S/C19H16O.Na.H/c20-19(16-10-4-1-5-11-16,17-12-6-2-7-13-17)18-14-8-3-9-15-18;;/h1-15,20H;;/q;+1;-1. The zero-order valence-corrected chi connectivity index (χ0v) is 14.1. The van der Waals surface area contributed by atoms with Crippen LogP contribution in [0.3, 0.4) is 0 Å². The molecule has 1 N–H and O–H groups in total. The van der Waals surface area contributed by atoms with E-state index in [9.17, 15) is 5.11 Å². The van der Waals surface area contributed by atoms with Crippen molar-refractivity contribution in [2.75, 3.05) is 0 Å². The van der Waals surface area contributed by atoms with Gasteiger partial charge in [0, 0.05) is 0 Å². The number of hydrogen-bond acceptors (Lipinski definition) is 1. The van der Waals surface area contributed by atoms with Gasteiger partial charge in [0.2, 0.25) is 0 Å². The average molecular weight is 284 g/mol. The van der Waals surface area contributed by atoms with E-state index in [1.54, 1.807) is 0 Å². The quantitative estimate of drug-likeness (QED) is 0.564. The van der Waals surface area contributed by atoms with Crippen molar-refractivity contribution in [3.8, 4) is 0 Å². The fourth-order valence-electron chi connectivity index (χ4n) is 2.54. The van der Waals surface area contributed by atoms with Gasteiger partial charge >= 0.3 is 29.6 Å². The minimum absolute atomic E-state index is 0. The molecule has 3 aromatic carbocycles. The largest absolute Gasteiger partial charge is 1.00 e. The fraction of sp³-hybridized carbons (Fsp3) is 0.0526. The van der Waals surface area contributed by atoms with Crippen LogP contribution in [0, 0.1) is 0 Å². The molecule has 0 atom stereocenters. The third-order valence-corrected chi connectivity index (χ3v) is 3.57. The van der Waals surface area contributed by atoms with Crippen molar-refractivity contribution in [2.24, 2.45) is 0 Å². The first kappa shape index (κ1) is 16.0. The van der Waals surface area contributed by atoms with Gasteiger partial charge in [-0.3, -0.25) is 0 Å². The first-order chi connectivity index (χ1) is 9.82. The minimum Gasteiger partial charge on any atom is -1.00 e. The second-order valence-corrected chi connectivity index (χ2v) is 4.81. The summed E-state index contributed by atoms with van der Waals surface area (Å²) in [5.41, 5.74) is 1.50. The van der Waals surface area contributed by atoms with Crippen LogP contribution >= 0.6 is 0 Å². The van der Waals surface area contributed by atoms with Gasteiger partial charge in [-0.1, -0.05) is 91.0 Å². The Morgan fingerprint density at radius 3 is 1.00 bits per heavy atom. The molecule has 0 spiro atoms. The summed E-state index contributed by atoms with van der Waals surface area (Å²) >= 11 is 0. The Balaban J connectivity index is 0.00000121. The van der Waals surface area contributed by atoms with E-state index in [1.165, 1.54) is 0 Å². The summed E-state index contributed by atoms with van der Waals surface area (Å²) in [6, 6.07) is 29.3. The maximum absolute atomic E-state index is 11.4. The smallest absolute Gasteiger partial charge is 1.00 e. The van der Waals surface area contributed by atoms with Gasteiger partial charge in [0.1, 0.15) is 5.60 Å². The molecule has 0 fully saturated rings. The predicted molar refractivity (Wildman–Crippen MR) is 82.5 cm³/mol. The first-order valence-electron chi connectivity index (χ1n) is 6.71. The van der Waals surface area contributed by atoms with Gasteiger partial charge in [-0.25, -0.2) is 0 Å². The van der Waals surface area contributed by atoms with Crippen molar-refractivity contribution in [1.82, 2.24) is 0 Å². The maximum atomic E-state index is 11.4. The molecule has 21 heavy (non-hydrogen) atoms. The van der Waals surface area contributed by atoms with Crippen molar-refractivity contribution in [2.45, 2.75) is 5.60 Å². The van der Waals surface area contributed by atoms with Crippen LogP contribution in [0.25, 0.3) is 0 Å². The van der Waals surface area contributed by atoms with Crippen LogP contribution < -0.4 is 29.6 Å². The Morgan fingerprint density at radius 2 is 0.762 bits per heavy atom. The Kier molecular flexibility index (Phi) is 5.38. The molecule has 0 aliphatic rings. The molecule has 0 saturated heterocycles. The van der Waals surface area contributed by atoms with Crippen LogP contribution in [0.15, 0.2) is 91.0 Å². The molecule has 0 aliphatic heterocycles. The molecule has 0 aromatic heterocycles. The van der Waals surface area contributed by atoms with Crippen molar-refractivity contribution in [3.63, 3.8) is 0 Å². The fourth-order valence-corrected chi connectivity index (χ4v) is 2.54. The molecular formula is C19H17NaO. The van der Waals surface area contributed by atoms with Crippen molar-refractivity contribution in [3.05, 3.63) is 108 Å². The molecule has 0 heterocycles. The van der Waals surface area contributed by atoms with E-state index in [-0.39, 0.29) is 31.0 Å². The molecular weight excluding hydrogens is 267 g/mol. The number of rotatable bonds is 3. The van der Waals surface area contributed by atoms with E-state index in [0.717, 1.165) is 16.7 Å². The molecule has 3 rings (SSSR count). The Morgan fingerprint density at radius 1 is 0.524 bits per heavy atom. The molecule has 0 saturated carbocycles. The van der Waals surface area contributed by atoms with Crippen LogP contribution in [-0.4, -0.2) is 5.11 Å². The van der Waals surface area contributed by atoms with E-state index in [4.69, 9.17) is 0 Å². The summed E-state index contributed by atoms with van der Waals surface area (Å²) in [7, 11) is 0. The zero-order valence-electron chi connectivity index (χ0n) is 13.1. The van der Waals surface area contributed by atoms with Gasteiger partial charge in [0.25, 0.3) is 0 Å². The van der Waals surface area contributed by atoms with Crippen molar-refractivity contribution < 1.29 is 36.1 Å². The predicted octanol–water partition coefficient (Wildman–Crippen LogP) is 1.09. The molecule has 1 nitrogen and oxygen atoms in total. The van der Waals surface area contributed by atoms with Gasteiger partial charge in [-0.05, 0) is 16.7 Å². The summed E-state index contributed by atoms with van der Waals surface area (Å²) < 4.78 is 0. The Bertz CT molecular complexity index is 575. The average Bonchev–Trinajstić information content (AvgIpc) is 2.56. The summed E-state index contributed by atoms with van der Waals surface area (Å²) in [5.74, 6) is 0. The molecule has 2 heteroatoms. The normalized spacial score (nSPS) is 10.7. The third kappa shape index (κ3) is 3.12. The van der Waals surface area contributed by atoms with Crippen molar-refractivity contribution in [1.29, 1.82) is 0 Å². The molecule has 0 aliphatic carbocycles. The van der Waals surface area contributed by atoms with Crippen LogP contribution in [0.2, 0.25) is 0 Å². The van der Waals surface area contributed by atoms with Gasteiger partial charge in [0.15, 0.2) is 0 Å². The first-order valence-corrected chi connectivity index (χ1v) is 6.71. The summed E-state index contributed by atoms with van der Waals surface area (Å²) in [5, 5.41) is 11.4. The number of aliphatic hydroxyl groups is 1. The molecule has 0 bridgehead atoms. The van der Waals surface area contributed by atoms with Crippen molar-refractivity contribution >= 4 is 0 Å². The topological polar surface area (TPSA) is 20.2 Å². The third-order valence-electron chi connectivity index (χ3n) is 3.57. The summed E-state index contributed by atoms with van der Waals surface area (Å²) in [6.07, 6.45) is 0. The molecule has 3 aromatic rings. The second-order valence-electron chi connectivity index (χ2n) is 4.81. The molecule has 0 unspecified atom stereocenters. The van der Waals surface area contributed by atoms with E-state index >= 15 is 0 Å². The number of benzene rings is 3. The maximum Gasteiger partial charge on any atom is 1.00 e. The molecule has 0 amide bonds. The van der Waals surface area contributed by atoms with Gasteiger partial charge in [0.05, 0.1) is 0 Å². The van der Waals surface area contributed by atoms with Crippen LogP contribution in [0.5, 0.6) is 0 Å².